The molecule has 2 aromatic rings. The molecule has 136 valence electrons. The van der Waals surface area contributed by atoms with Crippen molar-refractivity contribution in [1.29, 1.82) is 0 Å². The maximum Gasteiger partial charge on any atom is 0.339 e. The number of carboxylic acids is 1. The Balaban J connectivity index is 1.88. The van der Waals surface area contributed by atoms with Crippen molar-refractivity contribution in [3.63, 3.8) is 0 Å². The number of thiophene rings is 1. The first-order chi connectivity index (χ1) is 12.3. The third kappa shape index (κ3) is 3.77. The van der Waals surface area contributed by atoms with Gasteiger partial charge in [-0.1, -0.05) is 13.0 Å². The summed E-state index contributed by atoms with van der Waals surface area (Å²) in [5.41, 5.74) is 1.93. The van der Waals surface area contributed by atoms with Crippen molar-refractivity contribution in [2.45, 2.75) is 33.1 Å². The standard InChI is InChI=1S/C19H20N2O4S/c1-10-6-7-14-15(8-10)26-18(16(14)19(24)25)21-17(23)12-4-3-5-13(9-12)20-11(2)22/h3-5,9-10H,6-8H2,1-2H3,(H,20,22)(H,21,23)(H,24,25). The number of anilines is 2. The molecule has 1 atom stereocenters. The van der Waals surface area contributed by atoms with Crippen molar-refractivity contribution >= 4 is 39.8 Å². The number of carboxylic acid groups (broad SMARTS) is 1. The van der Waals surface area contributed by atoms with Gasteiger partial charge in [0.2, 0.25) is 5.91 Å². The average molecular weight is 372 g/mol. The maximum atomic E-state index is 12.6. The molecule has 0 aliphatic heterocycles. The van der Waals surface area contributed by atoms with E-state index < -0.39 is 11.9 Å². The van der Waals surface area contributed by atoms with Gasteiger partial charge >= 0.3 is 5.97 Å². The fourth-order valence-electron chi connectivity index (χ4n) is 3.18. The number of nitrogens with one attached hydrogen (secondary N) is 2. The molecule has 1 aromatic carbocycles. The fourth-order valence-corrected chi connectivity index (χ4v) is 4.58. The predicted octanol–water partition coefficient (Wildman–Crippen LogP) is 3.78. The van der Waals surface area contributed by atoms with Crippen LogP contribution in [0.3, 0.4) is 0 Å². The molecule has 0 fully saturated rings. The first-order valence-electron chi connectivity index (χ1n) is 8.42. The molecule has 7 heteroatoms. The summed E-state index contributed by atoms with van der Waals surface area (Å²) in [6.07, 6.45) is 2.52. The summed E-state index contributed by atoms with van der Waals surface area (Å²) in [4.78, 5) is 36.5. The Morgan fingerprint density at radius 3 is 2.69 bits per heavy atom. The summed E-state index contributed by atoms with van der Waals surface area (Å²) in [6.45, 7) is 3.54. The molecule has 1 heterocycles. The third-order valence-electron chi connectivity index (χ3n) is 4.40. The molecule has 3 N–H and O–H groups in total. The number of carbonyl (C=O) groups is 3. The molecule has 6 nitrogen and oxygen atoms in total. The molecule has 1 unspecified atom stereocenters. The second-order valence-corrected chi connectivity index (χ2v) is 7.68. The molecule has 26 heavy (non-hydrogen) atoms. The Morgan fingerprint density at radius 1 is 1.23 bits per heavy atom. The van der Waals surface area contributed by atoms with Crippen LogP contribution in [0.15, 0.2) is 24.3 Å². The van der Waals surface area contributed by atoms with Crippen LogP contribution >= 0.6 is 11.3 Å². The minimum atomic E-state index is -1.01. The lowest BCUT2D eigenvalue weighted by Crippen LogP contribution is -2.15. The Labute approximate surface area is 155 Å². The van der Waals surface area contributed by atoms with Crippen molar-refractivity contribution < 1.29 is 19.5 Å². The first kappa shape index (κ1) is 18.1. The number of hydrogen-bond donors (Lipinski definition) is 3. The molecule has 1 aliphatic rings. The van der Waals surface area contributed by atoms with Gasteiger partial charge in [-0.15, -0.1) is 11.3 Å². The zero-order valence-corrected chi connectivity index (χ0v) is 15.4. The van der Waals surface area contributed by atoms with Crippen molar-refractivity contribution in [3.8, 4) is 0 Å². The van der Waals surface area contributed by atoms with E-state index in [0.29, 0.717) is 22.2 Å². The van der Waals surface area contributed by atoms with Gasteiger partial charge in [-0.3, -0.25) is 9.59 Å². The molecule has 1 aliphatic carbocycles. The zero-order chi connectivity index (χ0) is 18.8. The molecule has 2 amide bonds. The van der Waals surface area contributed by atoms with Crippen molar-refractivity contribution in [3.05, 3.63) is 45.8 Å². The quantitative estimate of drug-likeness (QED) is 0.761. The van der Waals surface area contributed by atoms with Crippen molar-refractivity contribution in [2.24, 2.45) is 5.92 Å². The normalized spacial score (nSPS) is 15.8. The number of fused-ring (bicyclic) bond motifs is 1. The van der Waals surface area contributed by atoms with Crippen LogP contribution in [0, 0.1) is 5.92 Å². The molecule has 0 spiro atoms. The average Bonchev–Trinajstić information content (AvgIpc) is 2.91. The maximum absolute atomic E-state index is 12.6. The van der Waals surface area contributed by atoms with Gasteiger partial charge in [0.15, 0.2) is 0 Å². The number of benzene rings is 1. The summed E-state index contributed by atoms with van der Waals surface area (Å²) in [6, 6.07) is 6.54. The highest BCUT2D eigenvalue weighted by molar-refractivity contribution is 7.17. The Bertz CT molecular complexity index is 888. The van der Waals surface area contributed by atoms with E-state index in [2.05, 4.69) is 17.6 Å². The number of hydrogen-bond acceptors (Lipinski definition) is 4. The zero-order valence-electron chi connectivity index (χ0n) is 14.6. The number of rotatable bonds is 4. The molecule has 0 saturated heterocycles. The lowest BCUT2D eigenvalue weighted by atomic mass is 9.88. The van der Waals surface area contributed by atoms with Crippen LogP contribution in [-0.2, 0) is 17.6 Å². The molecule has 3 rings (SSSR count). The van der Waals surface area contributed by atoms with Gasteiger partial charge in [0.25, 0.3) is 5.91 Å². The minimum absolute atomic E-state index is 0.211. The van der Waals surface area contributed by atoms with Crippen molar-refractivity contribution in [1.82, 2.24) is 0 Å². The minimum Gasteiger partial charge on any atom is -0.478 e. The largest absolute Gasteiger partial charge is 0.478 e. The van der Waals surface area contributed by atoms with E-state index in [1.165, 1.54) is 18.3 Å². The van der Waals surface area contributed by atoms with Crippen LogP contribution in [0.25, 0.3) is 0 Å². The summed E-state index contributed by atoms with van der Waals surface area (Å²) < 4.78 is 0. The lowest BCUT2D eigenvalue weighted by Gasteiger charge is -2.17. The molecule has 1 aromatic heterocycles. The molecule has 0 saturated carbocycles. The van der Waals surface area contributed by atoms with Crippen LogP contribution in [0.1, 0.15) is 51.4 Å². The van der Waals surface area contributed by atoms with E-state index in [9.17, 15) is 19.5 Å². The highest BCUT2D eigenvalue weighted by atomic mass is 32.1. The summed E-state index contributed by atoms with van der Waals surface area (Å²) in [5.74, 6) is -1.12. The van der Waals surface area contributed by atoms with Crippen LogP contribution in [0.5, 0.6) is 0 Å². The molecule has 0 radical (unpaired) electrons. The molecular formula is C19H20N2O4S. The smallest absolute Gasteiger partial charge is 0.339 e. The Kier molecular flexibility index (Phi) is 5.08. The first-order valence-corrected chi connectivity index (χ1v) is 9.23. The second kappa shape index (κ2) is 7.29. The van der Waals surface area contributed by atoms with E-state index >= 15 is 0 Å². The van der Waals surface area contributed by atoms with Crippen molar-refractivity contribution in [2.75, 3.05) is 10.6 Å². The summed E-state index contributed by atoms with van der Waals surface area (Å²) in [7, 11) is 0. The van der Waals surface area contributed by atoms with Gasteiger partial charge in [-0.25, -0.2) is 4.79 Å². The van der Waals surface area contributed by atoms with Crippen LogP contribution in [0.4, 0.5) is 10.7 Å². The van der Waals surface area contributed by atoms with Crippen LogP contribution in [0.2, 0.25) is 0 Å². The van der Waals surface area contributed by atoms with Crippen LogP contribution < -0.4 is 10.6 Å². The van der Waals surface area contributed by atoms with Gasteiger partial charge in [0, 0.05) is 23.1 Å². The Hall–Kier alpha value is -2.67. The van der Waals surface area contributed by atoms with Gasteiger partial charge in [-0.05, 0) is 48.9 Å². The summed E-state index contributed by atoms with van der Waals surface area (Å²) >= 11 is 1.35. The number of aromatic carboxylic acids is 1. The second-order valence-electron chi connectivity index (χ2n) is 6.58. The topological polar surface area (TPSA) is 95.5 Å². The number of amides is 2. The van der Waals surface area contributed by atoms with Gasteiger partial charge < -0.3 is 15.7 Å². The highest BCUT2D eigenvalue weighted by Gasteiger charge is 2.28. The predicted molar refractivity (Wildman–Crippen MR) is 101 cm³/mol. The van der Waals surface area contributed by atoms with E-state index in [0.717, 1.165) is 29.7 Å². The van der Waals surface area contributed by atoms with Gasteiger partial charge in [0.05, 0.1) is 5.56 Å². The molecular weight excluding hydrogens is 352 g/mol. The van der Waals surface area contributed by atoms with E-state index in [4.69, 9.17) is 0 Å². The van der Waals surface area contributed by atoms with E-state index in [1.807, 2.05) is 0 Å². The molecule has 0 bridgehead atoms. The third-order valence-corrected chi connectivity index (χ3v) is 5.57. The lowest BCUT2D eigenvalue weighted by molar-refractivity contribution is -0.114. The van der Waals surface area contributed by atoms with Gasteiger partial charge in [0.1, 0.15) is 5.00 Å². The van der Waals surface area contributed by atoms with E-state index in [1.54, 1.807) is 24.3 Å². The summed E-state index contributed by atoms with van der Waals surface area (Å²) in [5, 5.41) is 15.4. The SMILES string of the molecule is CC(=O)Nc1cccc(C(=O)Nc2sc3c(c2C(=O)O)CCC(C)C3)c1. The number of carbonyl (C=O) groups excluding carboxylic acids is 2. The highest BCUT2D eigenvalue weighted by Crippen LogP contribution is 2.39. The van der Waals surface area contributed by atoms with Gasteiger partial charge in [-0.2, -0.15) is 0 Å². The van der Waals surface area contributed by atoms with Crippen LogP contribution in [-0.4, -0.2) is 22.9 Å². The monoisotopic (exact) mass is 372 g/mol. The van der Waals surface area contributed by atoms with E-state index in [-0.39, 0.29) is 11.5 Å². The fraction of sp³-hybridized carbons (Fsp3) is 0.316. The Morgan fingerprint density at radius 2 is 2.00 bits per heavy atom.